The van der Waals surface area contributed by atoms with E-state index in [2.05, 4.69) is 67.6 Å². The molecule has 31 heavy (non-hydrogen) atoms. The number of nitrogens with zero attached hydrogens (tertiary/aromatic N) is 2. The highest BCUT2D eigenvalue weighted by atomic mass is 16.5. The minimum absolute atomic E-state index is 0.215. The zero-order valence-corrected chi connectivity index (χ0v) is 20.1. The van der Waals surface area contributed by atoms with E-state index in [1.807, 2.05) is 0 Å². The van der Waals surface area contributed by atoms with Crippen LogP contribution >= 0.6 is 0 Å². The lowest BCUT2D eigenvalue weighted by Crippen LogP contribution is -2.39. The summed E-state index contributed by atoms with van der Waals surface area (Å²) in [5.41, 5.74) is 5.53. The number of hydrogen-bond acceptors (Lipinski definition) is 3. The molecule has 4 heteroatoms. The van der Waals surface area contributed by atoms with Gasteiger partial charge in [-0.05, 0) is 83.2 Å². The van der Waals surface area contributed by atoms with Crippen molar-refractivity contribution in [3.05, 3.63) is 52.8 Å². The van der Waals surface area contributed by atoms with Crippen LogP contribution in [0.15, 0.2) is 30.3 Å². The van der Waals surface area contributed by atoms with Crippen LogP contribution in [-0.2, 0) is 11.2 Å². The SMILES string of the molecule is CCCCCc1ccc(-n2c(C)cc(C(=O)CN(C)C3CCC(OC)CC3)c2C)cc1. The Morgan fingerprint density at radius 2 is 1.77 bits per heavy atom. The van der Waals surface area contributed by atoms with Crippen LogP contribution in [0, 0.1) is 13.8 Å². The third kappa shape index (κ3) is 5.87. The standard InChI is InChI=1S/C27H40N2O2/c1-6-7-8-9-22-10-12-24(13-11-22)29-20(2)18-26(21(29)3)27(30)19-28(4)23-14-16-25(31-5)17-15-23/h10-13,18,23,25H,6-9,14-17,19H2,1-5H3. The zero-order valence-electron chi connectivity index (χ0n) is 20.1. The van der Waals surface area contributed by atoms with Crippen LogP contribution in [-0.4, -0.2) is 48.1 Å². The molecule has 0 atom stereocenters. The molecule has 0 aliphatic heterocycles. The number of carbonyl (C=O) groups is 1. The highest BCUT2D eigenvalue weighted by molar-refractivity contribution is 5.99. The van der Waals surface area contributed by atoms with Gasteiger partial charge in [0.05, 0.1) is 12.6 Å². The number of aryl methyl sites for hydroxylation is 2. The molecule has 1 heterocycles. The van der Waals surface area contributed by atoms with Gasteiger partial charge in [0.15, 0.2) is 5.78 Å². The Morgan fingerprint density at radius 3 is 2.39 bits per heavy atom. The molecule has 1 saturated carbocycles. The van der Waals surface area contributed by atoms with Crippen molar-refractivity contribution in [3.8, 4) is 5.69 Å². The van der Waals surface area contributed by atoms with E-state index in [1.54, 1.807) is 7.11 Å². The summed E-state index contributed by atoms with van der Waals surface area (Å²) in [6.07, 6.45) is 9.68. The summed E-state index contributed by atoms with van der Waals surface area (Å²) in [7, 11) is 3.89. The van der Waals surface area contributed by atoms with E-state index in [9.17, 15) is 4.79 Å². The Labute approximate surface area is 188 Å². The number of Topliss-reactive ketones (excluding diaryl/α,β-unsaturated/α-hetero) is 1. The third-order valence-electron chi connectivity index (χ3n) is 6.99. The van der Waals surface area contributed by atoms with Crippen molar-refractivity contribution >= 4 is 5.78 Å². The van der Waals surface area contributed by atoms with Crippen LogP contribution in [0.3, 0.4) is 0 Å². The van der Waals surface area contributed by atoms with Crippen molar-refractivity contribution in [1.82, 2.24) is 9.47 Å². The molecular formula is C27H40N2O2. The van der Waals surface area contributed by atoms with E-state index in [0.29, 0.717) is 18.7 Å². The van der Waals surface area contributed by atoms with Crippen molar-refractivity contribution in [1.29, 1.82) is 0 Å². The largest absolute Gasteiger partial charge is 0.381 e. The molecule has 0 bridgehead atoms. The number of aromatic nitrogens is 1. The number of unbranched alkanes of at least 4 members (excludes halogenated alkanes) is 2. The zero-order chi connectivity index (χ0) is 22.4. The van der Waals surface area contributed by atoms with Crippen LogP contribution in [0.5, 0.6) is 0 Å². The lowest BCUT2D eigenvalue weighted by atomic mass is 9.92. The summed E-state index contributed by atoms with van der Waals surface area (Å²) in [6, 6.07) is 11.4. The summed E-state index contributed by atoms with van der Waals surface area (Å²) in [5, 5.41) is 0. The Kier molecular flexibility index (Phi) is 8.50. The number of rotatable bonds is 10. The first-order chi connectivity index (χ1) is 14.9. The van der Waals surface area contributed by atoms with Crippen LogP contribution in [0.25, 0.3) is 5.69 Å². The van der Waals surface area contributed by atoms with E-state index < -0.39 is 0 Å². The summed E-state index contributed by atoms with van der Waals surface area (Å²) in [6.45, 7) is 6.88. The molecule has 0 N–H and O–H groups in total. The van der Waals surface area contributed by atoms with E-state index in [1.165, 1.54) is 24.8 Å². The summed E-state index contributed by atoms with van der Waals surface area (Å²) < 4.78 is 7.70. The molecule has 0 unspecified atom stereocenters. The number of methoxy groups -OCH3 is 1. The molecule has 1 aliphatic carbocycles. The van der Waals surface area contributed by atoms with Gasteiger partial charge in [-0.3, -0.25) is 9.69 Å². The number of benzene rings is 1. The Balaban J connectivity index is 1.67. The monoisotopic (exact) mass is 424 g/mol. The maximum Gasteiger partial charge on any atom is 0.178 e. The first-order valence-electron chi connectivity index (χ1n) is 12.0. The highest BCUT2D eigenvalue weighted by Gasteiger charge is 2.26. The first-order valence-corrected chi connectivity index (χ1v) is 12.0. The molecule has 1 aromatic carbocycles. The van der Waals surface area contributed by atoms with Crippen LogP contribution < -0.4 is 0 Å². The Hall–Kier alpha value is -1.91. The second-order valence-corrected chi connectivity index (χ2v) is 9.25. The van der Waals surface area contributed by atoms with Crippen molar-refractivity contribution in [2.24, 2.45) is 0 Å². The van der Waals surface area contributed by atoms with Crippen molar-refractivity contribution in [2.75, 3.05) is 20.7 Å². The second-order valence-electron chi connectivity index (χ2n) is 9.25. The fourth-order valence-electron chi connectivity index (χ4n) is 5.00. The number of ether oxygens (including phenoxy) is 1. The van der Waals surface area contributed by atoms with Gasteiger partial charge < -0.3 is 9.30 Å². The Bertz CT molecular complexity index is 845. The van der Waals surface area contributed by atoms with Gasteiger partial charge in [0.25, 0.3) is 0 Å². The van der Waals surface area contributed by atoms with Crippen molar-refractivity contribution < 1.29 is 9.53 Å². The van der Waals surface area contributed by atoms with Crippen LogP contribution in [0.4, 0.5) is 0 Å². The van der Waals surface area contributed by atoms with Gasteiger partial charge in [-0.2, -0.15) is 0 Å². The molecule has 0 saturated heterocycles. The average molecular weight is 425 g/mol. The lowest BCUT2D eigenvalue weighted by molar-refractivity contribution is 0.0435. The molecule has 1 aromatic heterocycles. The van der Waals surface area contributed by atoms with Gasteiger partial charge in [-0.25, -0.2) is 0 Å². The minimum atomic E-state index is 0.215. The fourth-order valence-corrected chi connectivity index (χ4v) is 5.00. The maximum absolute atomic E-state index is 13.2. The number of hydrogen-bond donors (Lipinski definition) is 0. The quantitative estimate of drug-likeness (QED) is 0.352. The second kappa shape index (κ2) is 11.1. The average Bonchev–Trinajstić information content (AvgIpc) is 3.08. The fraction of sp³-hybridized carbons (Fsp3) is 0.593. The highest BCUT2D eigenvalue weighted by Crippen LogP contribution is 2.26. The molecular weight excluding hydrogens is 384 g/mol. The molecule has 3 rings (SSSR count). The van der Waals surface area contributed by atoms with E-state index in [-0.39, 0.29) is 5.78 Å². The predicted octanol–water partition coefficient (Wildman–Crippen LogP) is 5.90. The van der Waals surface area contributed by atoms with Crippen LogP contribution in [0.1, 0.15) is 79.2 Å². The number of likely N-dealkylation sites (N-methyl/N-ethyl adjacent to an activating group) is 1. The third-order valence-corrected chi connectivity index (χ3v) is 6.99. The van der Waals surface area contributed by atoms with Crippen molar-refractivity contribution in [2.45, 2.75) is 84.3 Å². The number of ketones is 1. The van der Waals surface area contributed by atoms with E-state index in [4.69, 9.17) is 4.74 Å². The molecule has 1 fully saturated rings. The van der Waals surface area contributed by atoms with Gasteiger partial charge in [-0.15, -0.1) is 0 Å². The normalized spacial score (nSPS) is 19.2. The van der Waals surface area contributed by atoms with Gasteiger partial charge in [0.1, 0.15) is 0 Å². The molecule has 2 aromatic rings. The maximum atomic E-state index is 13.2. The number of carbonyl (C=O) groups excluding carboxylic acids is 1. The summed E-state index contributed by atoms with van der Waals surface area (Å²) >= 11 is 0. The van der Waals surface area contributed by atoms with Crippen molar-refractivity contribution in [3.63, 3.8) is 0 Å². The molecule has 0 spiro atoms. The molecule has 4 nitrogen and oxygen atoms in total. The predicted molar refractivity (Wildman–Crippen MR) is 128 cm³/mol. The molecule has 1 aliphatic rings. The van der Waals surface area contributed by atoms with E-state index >= 15 is 0 Å². The van der Waals surface area contributed by atoms with Gasteiger partial charge in [0, 0.05) is 35.8 Å². The molecule has 0 amide bonds. The molecule has 0 radical (unpaired) electrons. The first kappa shape index (κ1) is 23.7. The smallest absolute Gasteiger partial charge is 0.178 e. The Morgan fingerprint density at radius 1 is 1.10 bits per heavy atom. The lowest BCUT2D eigenvalue weighted by Gasteiger charge is -2.33. The minimum Gasteiger partial charge on any atom is -0.381 e. The van der Waals surface area contributed by atoms with Gasteiger partial charge >= 0.3 is 0 Å². The van der Waals surface area contributed by atoms with Gasteiger partial charge in [0.2, 0.25) is 0 Å². The molecule has 170 valence electrons. The van der Waals surface area contributed by atoms with Gasteiger partial charge in [-0.1, -0.05) is 31.9 Å². The topological polar surface area (TPSA) is 34.5 Å². The summed E-state index contributed by atoms with van der Waals surface area (Å²) in [5.74, 6) is 0.215. The van der Waals surface area contributed by atoms with Crippen LogP contribution in [0.2, 0.25) is 0 Å². The summed E-state index contributed by atoms with van der Waals surface area (Å²) in [4.78, 5) is 15.4. The van der Waals surface area contributed by atoms with E-state index in [0.717, 1.165) is 54.7 Å².